The van der Waals surface area contributed by atoms with Gasteiger partial charge in [-0.3, -0.25) is 9.10 Å². The lowest BCUT2D eigenvalue weighted by molar-refractivity contribution is -0.902. The number of quaternary nitrogens is 1. The first-order valence-corrected chi connectivity index (χ1v) is 10.7. The molecule has 140 valence electrons. The van der Waals surface area contributed by atoms with Gasteiger partial charge in [0, 0.05) is 0 Å². The van der Waals surface area contributed by atoms with Gasteiger partial charge < -0.3 is 9.80 Å². The Morgan fingerprint density at radius 1 is 1.20 bits per heavy atom. The van der Waals surface area contributed by atoms with Crippen LogP contribution in [0.25, 0.3) is 0 Å². The van der Waals surface area contributed by atoms with Gasteiger partial charge in [0.05, 0.1) is 44.7 Å². The standard InChI is InChI=1S/C18H29N3O3S/c1-6-19-7-9-20(10-8-19)18(22)16(4)21(25(5,23)24)17-12-14(2)11-15(3)13-17/h11-13,16H,6-10H2,1-5H3/p+1/t16-/m0/s1. The molecule has 1 atom stereocenters. The number of carbonyl (C=O) groups excluding carboxylic acids is 1. The third kappa shape index (κ3) is 4.73. The van der Waals surface area contributed by atoms with E-state index in [0.29, 0.717) is 18.8 Å². The minimum absolute atomic E-state index is 0.125. The highest BCUT2D eigenvalue weighted by Crippen LogP contribution is 2.24. The van der Waals surface area contributed by atoms with Crippen molar-refractivity contribution in [3.8, 4) is 0 Å². The summed E-state index contributed by atoms with van der Waals surface area (Å²) in [4.78, 5) is 16.2. The number of sulfonamides is 1. The lowest BCUT2D eigenvalue weighted by atomic mass is 10.1. The van der Waals surface area contributed by atoms with Crippen LogP contribution in [0, 0.1) is 13.8 Å². The Morgan fingerprint density at radius 3 is 2.16 bits per heavy atom. The van der Waals surface area contributed by atoms with E-state index in [2.05, 4.69) is 6.92 Å². The predicted molar refractivity (Wildman–Crippen MR) is 101 cm³/mol. The summed E-state index contributed by atoms with van der Waals surface area (Å²) in [6, 6.07) is 4.87. The van der Waals surface area contributed by atoms with E-state index in [-0.39, 0.29) is 5.91 Å². The zero-order valence-corrected chi connectivity index (χ0v) is 16.7. The van der Waals surface area contributed by atoms with Gasteiger partial charge in [-0.15, -0.1) is 0 Å². The Kier molecular flexibility index (Phi) is 6.11. The molecule has 1 N–H and O–H groups in total. The van der Waals surface area contributed by atoms with Crippen LogP contribution < -0.4 is 9.21 Å². The topological polar surface area (TPSA) is 62.1 Å². The Hall–Kier alpha value is -1.60. The van der Waals surface area contributed by atoms with Crippen molar-refractivity contribution in [3.05, 3.63) is 29.3 Å². The SMILES string of the molecule is CC[NH+]1CCN(C(=O)[C@H](C)N(c2cc(C)cc(C)c2)S(C)(=O)=O)CC1. The molecule has 1 aromatic rings. The van der Waals surface area contributed by atoms with Gasteiger partial charge in [0.1, 0.15) is 6.04 Å². The molecule has 0 aromatic heterocycles. The third-order valence-electron chi connectivity index (χ3n) is 4.81. The number of nitrogens with zero attached hydrogens (tertiary/aromatic N) is 2. The van der Waals surface area contributed by atoms with Crippen LogP contribution in [-0.2, 0) is 14.8 Å². The molecule has 0 spiro atoms. The van der Waals surface area contributed by atoms with Crippen LogP contribution in [0.15, 0.2) is 18.2 Å². The van der Waals surface area contributed by atoms with Crippen LogP contribution in [0.2, 0.25) is 0 Å². The highest BCUT2D eigenvalue weighted by atomic mass is 32.2. The van der Waals surface area contributed by atoms with Gasteiger partial charge >= 0.3 is 0 Å². The van der Waals surface area contributed by atoms with Crippen molar-refractivity contribution in [1.82, 2.24) is 4.90 Å². The van der Waals surface area contributed by atoms with Crippen molar-refractivity contribution in [2.45, 2.75) is 33.7 Å². The number of carbonyl (C=O) groups is 1. The van der Waals surface area contributed by atoms with Gasteiger partial charge in [0.25, 0.3) is 0 Å². The van der Waals surface area contributed by atoms with E-state index in [1.54, 1.807) is 11.8 Å². The molecule has 1 fully saturated rings. The van der Waals surface area contributed by atoms with Crippen molar-refractivity contribution < 1.29 is 18.1 Å². The van der Waals surface area contributed by atoms with Gasteiger partial charge in [-0.25, -0.2) is 8.42 Å². The number of amides is 1. The summed E-state index contributed by atoms with van der Waals surface area (Å²) in [7, 11) is -3.57. The second-order valence-electron chi connectivity index (χ2n) is 7.01. The molecule has 1 heterocycles. The van der Waals surface area contributed by atoms with E-state index in [1.165, 1.54) is 9.21 Å². The number of likely N-dealkylation sites (N-methyl/N-ethyl adjacent to an activating group) is 1. The van der Waals surface area contributed by atoms with E-state index in [9.17, 15) is 13.2 Å². The van der Waals surface area contributed by atoms with Crippen molar-refractivity contribution in [2.24, 2.45) is 0 Å². The summed E-state index contributed by atoms with van der Waals surface area (Å²) < 4.78 is 26.1. The molecule has 0 saturated carbocycles. The molecule has 1 aliphatic heterocycles. The van der Waals surface area contributed by atoms with Crippen LogP contribution in [0.5, 0.6) is 0 Å². The van der Waals surface area contributed by atoms with Crippen LogP contribution in [-0.4, -0.2) is 64.2 Å². The summed E-state index contributed by atoms with van der Waals surface area (Å²) in [5.41, 5.74) is 2.51. The van der Waals surface area contributed by atoms with Crippen LogP contribution in [0.4, 0.5) is 5.69 Å². The van der Waals surface area contributed by atoms with E-state index < -0.39 is 16.1 Å². The van der Waals surface area contributed by atoms with E-state index in [4.69, 9.17) is 0 Å². The van der Waals surface area contributed by atoms with Crippen molar-refractivity contribution in [3.63, 3.8) is 0 Å². The first-order valence-electron chi connectivity index (χ1n) is 8.83. The quantitative estimate of drug-likeness (QED) is 0.808. The molecule has 2 rings (SSSR count). The summed E-state index contributed by atoms with van der Waals surface area (Å²) in [5, 5.41) is 0. The second kappa shape index (κ2) is 7.74. The molecular weight excluding hydrogens is 338 g/mol. The van der Waals surface area contributed by atoms with Gasteiger partial charge in [-0.2, -0.15) is 0 Å². The average molecular weight is 369 g/mol. The maximum atomic E-state index is 12.9. The fourth-order valence-corrected chi connectivity index (χ4v) is 4.69. The second-order valence-corrected chi connectivity index (χ2v) is 8.87. The maximum absolute atomic E-state index is 12.9. The zero-order chi connectivity index (χ0) is 18.8. The molecule has 0 radical (unpaired) electrons. The number of hydrogen-bond donors (Lipinski definition) is 1. The Morgan fingerprint density at radius 2 is 1.72 bits per heavy atom. The van der Waals surface area contributed by atoms with Gasteiger partial charge in [0.15, 0.2) is 0 Å². The van der Waals surface area contributed by atoms with Crippen molar-refractivity contribution >= 4 is 21.6 Å². The number of rotatable bonds is 5. The van der Waals surface area contributed by atoms with Gasteiger partial charge in [-0.05, 0) is 51.0 Å². The molecule has 25 heavy (non-hydrogen) atoms. The Labute approximate surface area is 151 Å². The number of hydrogen-bond acceptors (Lipinski definition) is 3. The summed E-state index contributed by atoms with van der Waals surface area (Å²) in [5.74, 6) is -0.125. The van der Waals surface area contributed by atoms with Gasteiger partial charge in [-0.1, -0.05) is 6.07 Å². The molecule has 0 aliphatic carbocycles. The van der Waals surface area contributed by atoms with Crippen LogP contribution in [0.1, 0.15) is 25.0 Å². The van der Waals surface area contributed by atoms with Crippen molar-refractivity contribution in [1.29, 1.82) is 0 Å². The molecule has 6 nitrogen and oxygen atoms in total. The van der Waals surface area contributed by atoms with Gasteiger partial charge in [0.2, 0.25) is 15.9 Å². The average Bonchev–Trinajstić information content (AvgIpc) is 2.52. The monoisotopic (exact) mass is 368 g/mol. The molecule has 7 heteroatoms. The lowest BCUT2D eigenvalue weighted by Gasteiger charge is -2.36. The Balaban J connectivity index is 2.27. The maximum Gasteiger partial charge on any atom is 0.246 e. The molecule has 1 aliphatic rings. The molecule has 0 bridgehead atoms. The normalized spacial score (nSPS) is 17.4. The van der Waals surface area contributed by atoms with E-state index >= 15 is 0 Å². The summed E-state index contributed by atoms with van der Waals surface area (Å²) in [6.45, 7) is 11.9. The van der Waals surface area contributed by atoms with E-state index in [0.717, 1.165) is 37.0 Å². The zero-order valence-electron chi connectivity index (χ0n) is 15.9. The van der Waals surface area contributed by atoms with E-state index in [1.807, 2.05) is 32.0 Å². The first-order chi connectivity index (χ1) is 11.6. The molecule has 1 saturated heterocycles. The smallest absolute Gasteiger partial charge is 0.246 e. The van der Waals surface area contributed by atoms with Crippen LogP contribution >= 0.6 is 0 Å². The molecule has 1 aromatic carbocycles. The highest BCUT2D eigenvalue weighted by molar-refractivity contribution is 7.92. The molecular formula is C18H30N3O3S+. The fourth-order valence-electron chi connectivity index (χ4n) is 3.54. The number of benzene rings is 1. The minimum atomic E-state index is -3.57. The number of piperazine rings is 1. The first kappa shape index (κ1) is 19.7. The number of nitrogens with one attached hydrogen (secondary N) is 1. The Bertz CT molecular complexity index is 705. The predicted octanol–water partition coefficient (Wildman–Crippen LogP) is 0.205. The van der Waals surface area contributed by atoms with Crippen molar-refractivity contribution in [2.75, 3.05) is 43.3 Å². The molecule has 1 amide bonds. The van der Waals surface area contributed by atoms with Crippen LogP contribution in [0.3, 0.4) is 0 Å². The third-order valence-corrected chi connectivity index (χ3v) is 6.05. The number of anilines is 1. The summed E-state index contributed by atoms with van der Waals surface area (Å²) >= 11 is 0. The molecule has 0 unspecified atom stereocenters. The highest BCUT2D eigenvalue weighted by Gasteiger charge is 2.34. The largest absolute Gasteiger partial charge is 0.332 e. The fraction of sp³-hybridized carbons (Fsp3) is 0.611. The number of aryl methyl sites for hydroxylation is 2. The minimum Gasteiger partial charge on any atom is -0.332 e. The summed E-state index contributed by atoms with van der Waals surface area (Å²) in [6.07, 6.45) is 1.16. The lowest BCUT2D eigenvalue weighted by Crippen LogP contribution is -3.14.